The highest BCUT2D eigenvalue weighted by atomic mass is 19.3. The van der Waals surface area contributed by atoms with Crippen LogP contribution in [0.25, 0.3) is 0 Å². The lowest BCUT2D eigenvalue weighted by atomic mass is 10.2. The Morgan fingerprint density at radius 1 is 1.59 bits per heavy atom. The Kier molecular flexibility index (Phi) is 4.16. The van der Waals surface area contributed by atoms with Gasteiger partial charge in [0.2, 0.25) is 5.75 Å². The summed E-state index contributed by atoms with van der Waals surface area (Å²) in [6.45, 7) is -3.20. The van der Waals surface area contributed by atoms with E-state index in [0.717, 1.165) is 12.1 Å². The molecule has 0 bridgehead atoms. The van der Waals surface area contributed by atoms with Crippen LogP contribution in [0.4, 0.5) is 20.2 Å². The molecule has 1 aromatic carbocycles. The number of rotatable bonds is 5. The van der Waals surface area contributed by atoms with Crippen LogP contribution >= 0.6 is 0 Å². The van der Waals surface area contributed by atoms with Gasteiger partial charge >= 0.3 is 12.3 Å². The minimum absolute atomic E-state index is 0.0497. The zero-order chi connectivity index (χ0) is 12.8. The van der Waals surface area contributed by atoms with Crippen LogP contribution in [-0.4, -0.2) is 18.1 Å². The number of nitrogens with zero attached hydrogens (tertiary/aromatic N) is 2. The van der Waals surface area contributed by atoms with E-state index in [-0.39, 0.29) is 12.2 Å². The first-order valence-corrected chi connectivity index (χ1v) is 4.38. The summed E-state index contributed by atoms with van der Waals surface area (Å²) in [6.07, 6.45) is 0. The average molecular weight is 243 g/mol. The number of hydrogen-bond donors (Lipinski definition) is 1. The highest BCUT2D eigenvalue weighted by molar-refractivity contribution is 5.58. The zero-order valence-electron chi connectivity index (χ0n) is 8.39. The summed E-state index contributed by atoms with van der Waals surface area (Å²) in [7, 11) is 0. The van der Waals surface area contributed by atoms with Crippen LogP contribution in [0.2, 0.25) is 0 Å². The van der Waals surface area contributed by atoms with Crippen molar-refractivity contribution in [2.45, 2.75) is 6.61 Å². The van der Waals surface area contributed by atoms with E-state index in [9.17, 15) is 18.9 Å². The largest absolute Gasteiger partial charge is 0.427 e. The minimum atomic E-state index is -3.15. The summed E-state index contributed by atoms with van der Waals surface area (Å²) in [6, 6.07) is 5.15. The Morgan fingerprint density at radius 2 is 2.29 bits per heavy atom. The molecular weight excluding hydrogens is 236 g/mol. The lowest BCUT2D eigenvalue weighted by molar-refractivity contribution is -0.386. The molecule has 0 unspecified atom stereocenters. The van der Waals surface area contributed by atoms with Crippen molar-refractivity contribution in [3.63, 3.8) is 0 Å². The smallest absolute Gasteiger partial charge is 0.387 e. The van der Waals surface area contributed by atoms with Gasteiger partial charge in [0.1, 0.15) is 6.54 Å². The Bertz CT molecular complexity index is 459. The third-order valence-electron chi connectivity index (χ3n) is 1.74. The number of anilines is 1. The van der Waals surface area contributed by atoms with Crippen molar-refractivity contribution >= 4 is 11.4 Å². The summed E-state index contributed by atoms with van der Waals surface area (Å²) in [5, 5.41) is 21.4. The van der Waals surface area contributed by atoms with Gasteiger partial charge in [0.25, 0.3) is 0 Å². The summed E-state index contributed by atoms with van der Waals surface area (Å²) >= 11 is 0. The monoisotopic (exact) mass is 243 g/mol. The molecule has 0 heterocycles. The zero-order valence-corrected chi connectivity index (χ0v) is 8.39. The molecule has 0 aromatic heterocycles. The molecule has 8 heteroatoms. The molecule has 1 N–H and O–H groups in total. The van der Waals surface area contributed by atoms with Gasteiger partial charge in [-0.05, 0) is 6.07 Å². The Labute approximate surface area is 94.6 Å². The van der Waals surface area contributed by atoms with Gasteiger partial charge in [-0.2, -0.15) is 14.0 Å². The van der Waals surface area contributed by atoms with E-state index in [1.54, 1.807) is 6.07 Å². The molecular formula is C9H7F2N3O3. The number of nitro benzene ring substituents is 1. The number of alkyl halides is 2. The van der Waals surface area contributed by atoms with Crippen LogP contribution in [0.5, 0.6) is 5.75 Å². The molecule has 0 aliphatic carbocycles. The quantitative estimate of drug-likeness (QED) is 0.486. The molecule has 1 aromatic rings. The van der Waals surface area contributed by atoms with Crippen molar-refractivity contribution in [1.82, 2.24) is 0 Å². The fraction of sp³-hybridized carbons (Fsp3) is 0.222. The van der Waals surface area contributed by atoms with E-state index in [0.29, 0.717) is 0 Å². The number of halogens is 2. The molecule has 0 spiro atoms. The van der Waals surface area contributed by atoms with Gasteiger partial charge in [0, 0.05) is 17.8 Å². The fourth-order valence-corrected chi connectivity index (χ4v) is 1.11. The van der Waals surface area contributed by atoms with E-state index in [2.05, 4.69) is 10.1 Å². The number of nitriles is 1. The molecule has 1 rings (SSSR count). The van der Waals surface area contributed by atoms with Gasteiger partial charge < -0.3 is 10.1 Å². The van der Waals surface area contributed by atoms with Crippen LogP contribution in [0, 0.1) is 21.4 Å². The van der Waals surface area contributed by atoms with Crippen LogP contribution < -0.4 is 10.1 Å². The first-order chi connectivity index (χ1) is 8.04. The van der Waals surface area contributed by atoms with E-state index in [1.807, 2.05) is 0 Å². The maximum atomic E-state index is 12.0. The SMILES string of the molecule is N#CCNc1ccc([N+](=O)[O-])c(OC(F)F)c1. The summed E-state index contributed by atoms with van der Waals surface area (Å²) in [5.74, 6) is -0.548. The predicted molar refractivity (Wildman–Crippen MR) is 53.8 cm³/mol. The van der Waals surface area contributed by atoms with Crippen molar-refractivity contribution in [3.8, 4) is 11.8 Å². The van der Waals surface area contributed by atoms with E-state index in [1.165, 1.54) is 6.07 Å². The Morgan fingerprint density at radius 3 is 2.82 bits per heavy atom. The fourth-order valence-electron chi connectivity index (χ4n) is 1.11. The van der Waals surface area contributed by atoms with Gasteiger partial charge in [0.05, 0.1) is 11.0 Å². The van der Waals surface area contributed by atoms with E-state index >= 15 is 0 Å². The first-order valence-electron chi connectivity index (χ1n) is 4.38. The number of nitro groups is 1. The Balaban J connectivity index is 3.02. The molecule has 90 valence electrons. The molecule has 0 aliphatic rings. The predicted octanol–water partition coefficient (Wildman–Crippen LogP) is 2.13. The summed E-state index contributed by atoms with van der Waals surface area (Å²) in [4.78, 5) is 9.71. The van der Waals surface area contributed by atoms with E-state index < -0.39 is 23.0 Å². The highest BCUT2D eigenvalue weighted by Gasteiger charge is 2.18. The standard InChI is InChI=1S/C9H7F2N3O3/c10-9(11)17-8-5-6(13-4-3-12)1-2-7(8)14(15)16/h1-2,5,9,13H,4H2. The second-order valence-corrected chi connectivity index (χ2v) is 2.83. The van der Waals surface area contributed by atoms with Gasteiger partial charge in [-0.25, -0.2) is 0 Å². The van der Waals surface area contributed by atoms with Gasteiger partial charge in [0.15, 0.2) is 0 Å². The van der Waals surface area contributed by atoms with Gasteiger partial charge in [-0.3, -0.25) is 10.1 Å². The van der Waals surface area contributed by atoms with Crippen LogP contribution in [0.3, 0.4) is 0 Å². The molecule has 0 aliphatic heterocycles. The van der Waals surface area contributed by atoms with Crippen LogP contribution in [0.15, 0.2) is 18.2 Å². The molecule has 0 saturated heterocycles. The van der Waals surface area contributed by atoms with Crippen molar-refractivity contribution in [2.24, 2.45) is 0 Å². The molecule has 0 radical (unpaired) electrons. The van der Waals surface area contributed by atoms with Crippen molar-refractivity contribution in [3.05, 3.63) is 28.3 Å². The lowest BCUT2D eigenvalue weighted by Gasteiger charge is -2.07. The molecule has 17 heavy (non-hydrogen) atoms. The summed E-state index contributed by atoms with van der Waals surface area (Å²) in [5.41, 5.74) is -0.277. The number of hydrogen-bond acceptors (Lipinski definition) is 5. The van der Waals surface area contributed by atoms with Gasteiger partial charge in [-0.15, -0.1) is 0 Å². The average Bonchev–Trinajstić information content (AvgIpc) is 2.25. The minimum Gasteiger partial charge on any atom is -0.427 e. The molecule has 0 saturated carbocycles. The molecule has 0 amide bonds. The summed E-state index contributed by atoms with van der Waals surface area (Å²) < 4.78 is 28.1. The number of ether oxygens (including phenoxy) is 1. The van der Waals surface area contributed by atoms with E-state index in [4.69, 9.17) is 5.26 Å². The van der Waals surface area contributed by atoms with Crippen molar-refractivity contribution in [1.29, 1.82) is 5.26 Å². The second kappa shape index (κ2) is 5.60. The van der Waals surface area contributed by atoms with Crippen LogP contribution in [0.1, 0.15) is 0 Å². The third kappa shape index (κ3) is 3.57. The molecule has 0 fully saturated rings. The van der Waals surface area contributed by atoms with Crippen molar-refractivity contribution in [2.75, 3.05) is 11.9 Å². The molecule has 0 atom stereocenters. The maximum absolute atomic E-state index is 12.0. The normalized spacial score (nSPS) is 9.76. The highest BCUT2D eigenvalue weighted by Crippen LogP contribution is 2.31. The molecule has 6 nitrogen and oxygen atoms in total. The first kappa shape index (κ1) is 12.6. The van der Waals surface area contributed by atoms with Gasteiger partial charge in [-0.1, -0.05) is 0 Å². The van der Waals surface area contributed by atoms with Crippen molar-refractivity contribution < 1.29 is 18.4 Å². The van der Waals surface area contributed by atoms with Crippen LogP contribution in [-0.2, 0) is 0 Å². The third-order valence-corrected chi connectivity index (χ3v) is 1.74. The Hall–Kier alpha value is -2.43. The second-order valence-electron chi connectivity index (χ2n) is 2.83. The topological polar surface area (TPSA) is 88.2 Å². The number of nitrogens with one attached hydrogen (secondary N) is 1. The maximum Gasteiger partial charge on any atom is 0.387 e. The lowest BCUT2D eigenvalue weighted by Crippen LogP contribution is -2.06. The number of benzene rings is 1.